The molecule has 6 heteroatoms. The largest absolute Gasteiger partial charge is 0.480 e. The van der Waals surface area contributed by atoms with Crippen LogP contribution in [0.4, 0.5) is 5.69 Å². The van der Waals surface area contributed by atoms with Gasteiger partial charge in [0.25, 0.3) is 11.8 Å². The summed E-state index contributed by atoms with van der Waals surface area (Å²) in [7, 11) is 0. The fourth-order valence-electron chi connectivity index (χ4n) is 2.43. The molecule has 0 aliphatic heterocycles. The molecule has 1 atom stereocenters. The van der Waals surface area contributed by atoms with E-state index in [0.717, 1.165) is 0 Å². The van der Waals surface area contributed by atoms with Gasteiger partial charge in [0, 0.05) is 16.8 Å². The number of carbonyl (C=O) groups excluding carboxylic acids is 2. The highest BCUT2D eigenvalue weighted by Crippen LogP contribution is 2.12. The molecule has 0 spiro atoms. The summed E-state index contributed by atoms with van der Waals surface area (Å²) >= 11 is 0. The zero-order valence-corrected chi connectivity index (χ0v) is 14.7. The zero-order valence-electron chi connectivity index (χ0n) is 14.7. The zero-order chi connectivity index (χ0) is 19.1. The second kappa shape index (κ2) is 8.80. The van der Waals surface area contributed by atoms with E-state index in [4.69, 9.17) is 0 Å². The summed E-state index contributed by atoms with van der Waals surface area (Å²) in [5.74, 6) is -1.62. The average molecular weight is 354 g/mol. The van der Waals surface area contributed by atoms with Crippen LogP contribution < -0.4 is 10.6 Å². The standard InChI is InChI=1S/C20H22N2O4/c1-13(2)12-17(20(25)26)22-19(24)15-8-10-16(11-9-15)21-18(23)14-6-4-3-5-7-14/h3-11,13,17H,12H2,1-2H3,(H,21,23)(H,22,24)(H,25,26)/t17-/m1/s1. The van der Waals surface area contributed by atoms with Crippen LogP contribution in [0.1, 0.15) is 41.0 Å². The maximum atomic E-state index is 12.2. The first-order valence-corrected chi connectivity index (χ1v) is 8.37. The molecule has 2 rings (SSSR count). The molecule has 0 aromatic heterocycles. The van der Waals surface area contributed by atoms with Crippen molar-refractivity contribution in [1.82, 2.24) is 5.32 Å². The van der Waals surface area contributed by atoms with Crippen LogP contribution in [-0.2, 0) is 4.79 Å². The summed E-state index contributed by atoms with van der Waals surface area (Å²) in [6.45, 7) is 3.79. The fraction of sp³-hybridized carbons (Fsp3) is 0.250. The van der Waals surface area contributed by atoms with E-state index in [1.807, 2.05) is 19.9 Å². The molecule has 26 heavy (non-hydrogen) atoms. The minimum atomic E-state index is -1.06. The molecule has 2 amide bonds. The number of benzene rings is 2. The van der Waals surface area contributed by atoms with E-state index in [0.29, 0.717) is 23.2 Å². The highest BCUT2D eigenvalue weighted by atomic mass is 16.4. The van der Waals surface area contributed by atoms with Gasteiger partial charge in [-0.15, -0.1) is 0 Å². The second-order valence-electron chi connectivity index (χ2n) is 6.39. The number of hydrogen-bond donors (Lipinski definition) is 3. The normalized spacial score (nSPS) is 11.7. The summed E-state index contributed by atoms with van der Waals surface area (Å²) in [6.07, 6.45) is 0.353. The van der Waals surface area contributed by atoms with E-state index in [2.05, 4.69) is 10.6 Å². The van der Waals surface area contributed by atoms with Gasteiger partial charge in [-0.3, -0.25) is 9.59 Å². The van der Waals surface area contributed by atoms with Gasteiger partial charge in [-0.1, -0.05) is 32.0 Å². The van der Waals surface area contributed by atoms with Crippen LogP contribution >= 0.6 is 0 Å². The Morgan fingerprint density at radius 2 is 1.46 bits per heavy atom. The number of aliphatic carboxylic acids is 1. The number of amides is 2. The molecular weight excluding hydrogens is 332 g/mol. The third-order valence-electron chi connectivity index (χ3n) is 3.75. The van der Waals surface area contributed by atoms with Crippen LogP contribution in [0.3, 0.4) is 0 Å². The molecule has 2 aromatic rings. The number of carbonyl (C=O) groups is 3. The monoisotopic (exact) mass is 354 g/mol. The number of hydrogen-bond acceptors (Lipinski definition) is 3. The molecule has 0 aliphatic rings. The molecule has 136 valence electrons. The molecule has 3 N–H and O–H groups in total. The maximum absolute atomic E-state index is 12.2. The molecule has 0 bridgehead atoms. The topological polar surface area (TPSA) is 95.5 Å². The minimum Gasteiger partial charge on any atom is -0.480 e. The van der Waals surface area contributed by atoms with Crippen molar-refractivity contribution in [2.45, 2.75) is 26.3 Å². The van der Waals surface area contributed by atoms with Gasteiger partial charge in [0.1, 0.15) is 6.04 Å². The highest BCUT2D eigenvalue weighted by molar-refractivity contribution is 6.04. The lowest BCUT2D eigenvalue weighted by atomic mass is 10.0. The SMILES string of the molecule is CC(C)C[C@@H](NC(=O)c1ccc(NC(=O)c2ccccc2)cc1)C(=O)O. The lowest BCUT2D eigenvalue weighted by molar-refractivity contribution is -0.139. The van der Waals surface area contributed by atoms with Crippen molar-refractivity contribution >= 4 is 23.5 Å². The third-order valence-corrected chi connectivity index (χ3v) is 3.75. The Labute approximate surface area is 152 Å². The lowest BCUT2D eigenvalue weighted by Gasteiger charge is -2.16. The van der Waals surface area contributed by atoms with Crippen molar-refractivity contribution in [3.8, 4) is 0 Å². The van der Waals surface area contributed by atoms with Crippen LogP contribution in [-0.4, -0.2) is 28.9 Å². The van der Waals surface area contributed by atoms with Crippen LogP contribution in [0.2, 0.25) is 0 Å². The van der Waals surface area contributed by atoms with Crippen molar-refractivity contribution in [3.05, 3.63) is 65.7 Å². The predicted octanol–water partition coefficient (Wildman–Crippen LogP) is 3.17. The lowest BCUT2D eigenvalue weighted by Crippen LogP contribution is -2.41. The molecule has 0 unspecified atom stereocenters. The van der Waals surface area contributed by atoms with Gasteiger partial charge in [-0.25, -0.2) is 4.79 Å². The van der Waals surface area contributed by atoms with Crippen molar-refractivity contribution in [2.24, 2.45) is 5.92 Å². The minimum absolute atomic E-state index is 0.145. The number of anilines is 1. The van der Waals surface area contributed by atoms with E-state index in [1.165, 1.54) is 0 Å². The second-order valence-corrected chi connectivity index (χ2v) is 6.39. The van der Waals surface area contributed by atoms with E-state index in [9.17, 15) is 19.5 Å². The van der Waals surface area contributed by atoms with Gasteiger partial charge in [0.2, 0.25) is 0 Å². The molecule has 0 radical (unpaired) electrons. The third kappa shape index (κ3) is 5.44. The molecule has 2 aromatic carbocycles. The smallest absolute Gasteiger partial charge is 0.326 e. The number of nitrogens with one attached hydrogen (secondary N) is 2. The summed E-state index contributed by atoms with van der Waals surface area (Å²) < 4.78 is 0. The number of rotatable bonds is 7. The van der Waals surface area contributed by atoms with Crippen molar-refractivity contribution < 1.29 is 19.5 Å². The first kappa shape index (κ1) is 19.2. The van der Waals surface area contributed by atoms with Crippen LogP contribution in [0, 0.1) is 5.92 Å². The van der Waals surface area contributed by atoms with Gasteiger partial charge in [0.05, 0.1) is 0 Å². The predicted molar refractivity (Wildman–Crippen MR) is 99.2 cm³/mol. The molecule has 0 saturated carbocycles. The summed E-state index contributed by atoms with van der Waals surface area (Å²) in [6, 6.07) is 14.2. The fourth-order valence-corrected chi connectivity index (χ4v) is 2.43. The molecular formula is C20H22N2O4. The van der Waals surface area contributed by atoms with Crippen molar-refractivity contribution in [3.63, 3.8) is 0 Å². The summed E-state index contributed by atoms with van der Waals surface area (Å²) in [5.41, 5.74) is 1.41. The summed E-state index contributed by atoms with van der Waals surface area (Å²) in [4.78, 5) is 35.6. The van der Waals surface area contributed by atoms with Gasteiger partial charge >= 0.3 is 5.97 Å². The van der Waals surface area contributed by atoms with Gasteiger partial charge in [0.15, 0.2) is 0 Å². The highest BCUT2D eigenvalue weighted by Gasteiger charge is 2.21. The Morgan fingerprint density at radius 1 is 0.885 bits per heavy atom. The Bertz CT molecular complexity index is 770. The van der Waals surface area contributed by atoms with E-state index < -0.39 is 17.9 Å². The Hall–Kier alpha value is -3.15. The Balaban J connectivity index is 2.00. The maximum Gasteiger partial charge on any atom is 0.326 e. The van der Waals surface area contributed by atoms with Gasteiger partial charge < -0.3 is 15.7 Å². The van der Waals surface area contributed by atoms with Gasteiger partial charge in [-0.05, 0) is 48.7 Å². The van der Waals surface area contributed by atoms with E-state index in [-0.39, 0.29) is 11.8 Å². The molecule has 6 nitrogen and oxygen atoms in total. The van der Waals surface area contributed by atoms with E-state index >= 15 is 0 Å². The van der Waals surface area contributed by atoms with Crippen LogP contribution in [0.5, 0.6) is 0 Å². The van der Waals surface area contributed by atoms with Crippen molar-refractivity contribution in [1.29, 1.82) is 0 Å². The quantitative estimate of drug-likeness (QED) is 0.712. The molecule has 0 fully saturated rings. The number of carboxylic acids is 1. The van der Waals surface area contributed by atoms with Crippen LogP contribution in [0.25, 0.3) is 0 Å². The number of carboxylic acid groups (broad SMARTS) is 1. The van der Waals surface area contributed by atoms with E-state index in [1.54, 1.807) is 48.5 Å². The first-order chi connectivity index (χ1) is 12.4. The van der Waals surface area contributed by atoms with Crippen LogP contribution in [0.15, 0.2) is 54.6 Å². The Kier molecular flexibility index (Phi) is 6.49. The molecule has 0 saturated heterocycles. The Morgan fingerprint density at radius 3 is 2.00 bits per heavy atom. The first-order valence-electron chi connectivity index (χ1n) is 8.37. The molecule has 0 heterocycles. The molecule has 0 aliphatic carbocycles. The van der Waals surface area contributed by atoms with Gasteiger partial charge in [-0.2, -0.15) is 0 Å². The summed E-state index contributed by atoms with van der Waals surface area (Å²) in [5, 5.41) is 14.5. The average Bonchev–Trinajstić information content (AvgIpc) is 2.62. The van der Waals surface area contributed by atoms with Crippen molar-refractivity contribution in [2.75, 3.05) is 5.32 Å².